The molecule has 2 unspecified atom stereocenters. The fourth-order valence-corrected chi connectivity index (χ4v) is 2.18. The standard InChI is InChI=1S/C13H20N2O4/c1-2-8-15(9-12(17)18)13(19)14-10-6-4-3-5-7-11(10)16/h1,10-11,16H,3-9H2,(H,14,19)(H,17,18). The van der Waals surface area contributed by atoms with Gasteiger partial charge in [0.2, 0.25) is 0 Å². The Bertz CT molecular complexity index is 364. The van der Waals surface area contributed by atoms with Gasteiger partial charge in [0.25, 0.3) is 0 Å². The normalized spacial score (nSPS) is 22.9. The number of aliphatic carboxylic acids is 1. The van der Waals surface area contributed by atoms with E-state index in [2.05, 4.69) is 11.2 Å². The number of carboxylic acids is 1. The zero-order valence-electron chi connectivity index (χ0n) is 10.8. The number of terminal acetylenes is 1. The maximum atomic E-state index is 11.9. The van der Waals surface area contributed by atoms with Crippen molar-refractivity contribution in [2.24, 2.45) is 0 Å². The Kier molecular flexibility index (Phi) is 6.16. The molecule has 1 saturated carbocycles. The van der Waals surface area contributed by atoms with Crippen LogP contribution in [0.15, 0.2) is 0 Å². The van der Waals surface area contributed by atoms with E-state index in [4.69, 9.17) is 11.5 Å². The molecule has 6 heteroatoms. The summed E-state index contributed by atoms with van der Waals surface area (Å²) in [5.41, 5.74) is 0. The quantitative estimate of drug-likeness (QED) is 0.509. The topological polar surface area (TPSA) is 89.9 Å². The van der Waals surface area contributed by atoms with Crippen LogP contribution in [0.4, 0.5) is 4.79 Å². The Balaban J connectivity index is 2.58. The van der Waals surface area contributed by atoms with Gasteiger partial charge in [-0.1, -0.05) is 25.2 Å². The second-order valence-electron chi connectivity index (χ2n) is 4.72. The highest BCUT2D eigenvalue weighted by molar-refractivity contribution is 5.80. The molecule has 0 saturated heterocycles. The van der Waals surface area contributed by atoms with Crippen LogP contribution in [0.25, 0.3) is 0 Å². The Labute approximate surface area is 112 Å². The molecule has 0 spiro atoms. The summed E-state index contributed by atoms with van der Waals surface area (Å²) < 4.78 is 0. The van der Waals surface area contributed by atoms with Gasteiger partial charge in [0.05, 0.1) is 18.7 Å². The van der Waals surface area contributed by atoms with Crippen molar-refractivity contribution in [3.8, 4) is 12.3 Å². The van der Waals surface area contributed by atoms with E-state index in [9.17, 15) is 14.7 Å². The van der Waals surface area contributed by atoms with Crippen LogP contribution in [0.1, 0.15) is 32.1 Å². The summed E-state index contributed by atoms with van der Waals surface area (Å²) in [4.78, 5) is 23.6. The lowest BCUT2D eigenvalue weighted by Crippen LogP contribution is -2.50. The van der Waals surface area contributed by atoms with E-state index in [1.807, 2.05) is 0 Å². The second kappa shape index (κ2) is 7.64. The van der Waals surface area contributed by atoms with Crippen molar-refractivity contribution in [3.05, 3.63) is 0 Å². The molecule has 0 aromatic heterocycles. The molecule has 2 atom stereocenters. The number of aliphatic hydroxyl groups is 1. The zero-order chi connectivity index (χ0) is 14.3. The number of hydrogen-bond donors (Lipinski definition) is 3. The van der Waals surface area contributed by atoms with Gasteiger partial charge in [0, 0.05) is 0 Å². The van der Waals surface area contributed by atoms with Gasteiger partial charge in [-0.3, -0.25) is 4.79 Å². The van der Waals surface area contributed by atoms with Gasteiger partial charge in [-0.05, 0) is 12.8 Å². The van der Waals surface area contributed by atoms with Crippen molar-refractivity contribution >= 4 is 12.0 Å². The first-order valence-electron chi connectivity index (χ1n) is 6.43. The summed E-state index contributed by atoms with van der Waals surface area (Å²) in [6.45, 7) is -0.514. The van der Waals surface area contributed by atoms with Crippen LogP contribution in [0, 0.1) is 12.3 Å². The summed E-state index contributed by atoms with van der Waals surface area (Å²) in [6.07, 6.45) is 8.80. The molecular formula is C13H20N2O4. The van der Waals surface area contributed by atoms with Crippen LogP contribution in [-0.4, -0.2) is 52.3 Å². The average Bonchev–Trinajstić information content (AvgIpc) is 2.54. The maximum absolute atomic E-state index is 11.9. The summed E-state index contributed by atoms with van der Waals surface area (Å²) in [5.74, 6) is 1.14. The van der Waals surface area contributed by atoms with Crippen molar-refractivity contribution in [1.82, 2.24) is 10.2 Å². The summed E-state index contributed by atoms with van der Waals surface area (Å²) in [5, 5.41) is 21.3. The predicted molar refractivity (Wildman–Crippen MR) is 69.5 cm³/mol. The summed E-state index contributed by atoms with van der Waals surface area (Å²) >= 11 is 0. The number of hydrogen-bond acceptors (Lipinski definition) is 3. The molecule has 0 radical (unpaired) electrons. The van der Waals surface area contributed by atoms with Gasteiger partial charge in [-0.2, -0.15) is 0 Å². The largest absolute Gasteiger partial charge is 0.480 e. The van der Waals surface area contributed by atoms with Gasteiger partial charge in [-0.15, -0.1) is 6.42 Å². The van der Waals surface area contributed by atoms with Crippen molar-refractivity contribution < 1.29 is 19.8 Å². The number of aliphatic hydroxyl groups excluding tert-OH is 1. The molecule has 2 amide bonds. The Morgan fingerprint density at radius 3 is 2.63 bits per heavy atom. The monoisotopic (exact) mass is 268 g/mol. The molecule has 0 aromatic carbocycles. The van der Waals surface area contributed by atoms with Crippen molar-refractivity contribution in [2.75, 3.05) is 13.1 Å². The van der Waals surface area contributed by atoms with Crippen LogP contribution < -0.4 is 5.32 Å². The van der Waals surface area contributed by atoms with Crippen LogP contribution in [0.5, 0.6) is 0 Å². The molecule has 1 rings (SSSR count). The lowest BCUT2D eigenvalue weighted by Gasteiger charge is -2.26. The molecule has 1 fully saturated rings. The van der Waals surface area contributed by atoms with E-state index in [0.29, 0.717) is 12.8 Å². The van der Waals surface area contributed by atoms with Crippen LogP contribution in [-0.2, 0) is 4.79 Å². The van der Waals surface area contributed by atoms with Gasteiger partial charge in [0.15, 0.2) is 0 Å². The van der Waals surface area contributed by atoms with Crippen LogP contribution in [0.2, 0.25) is 0 Å². The van der Waals surface area contributed by atoms with E-state index < -0.39 is 24.6 Å². The van der Waals surface area contributed by atoms with Gasteiger partial charge >= 0.3 is 12.0 Å². The molecule has 106 valence electrons. The number of carboxylic acid groups (broad SMARTS) is 1. The smallest absolute Gasteiger partial charge is 0.323 e. The number of urea groups is 1. The maximum Gasteiger partial charge on any atom is 0.323 e. The zero-order valence-corrected chi connectivity index (χ0v) is 10.8. The molecule has 0 bridgehead atoms. The number of rotatable bonds is 4. The Hall–Kier alpha value is -1.74. The highest BCUT2D eigenvalue weighted by Crippen LogP contribution is 2.18. The number of carbonyl (C=O) groups is 2. The lowest BCUT2D eigenvalue weighted by atomic mass is 10.1. The summed E-state index contributed by atoms with van der Waals surface area (Å²) in [7, 11) is 0. The van der Waals surface area contributed by atoms with Crippen molar-refractivity contribution in [3.63, 3.8) is 0 Å². The number of amides is 2. The molecule has 1 aliphatic carbocycles. The molecule has 0 aromatic rings. The molecule has 6 nitrogen and oxygen atoms in total. The van der Waals surface area contributed by atoms with Crippen LogP contribution in [0.3, 0.4) is 0 Å². The minimum absolute atomic E-state index is 0.0685. The molecular weight excluding hydrogens is 248 g/mol. The Morgan fingerprint density at radius 1 is 1.32 bits per heavy atom. The second-order valence-corrected chi connectivity index (χ2v) is 4.72. The number of carbonyl (C=O) groups excluding carboxylic acids is 1. The van der Waals surface area contributed by atoms with Crippen LogP contribution >= 0.6 is 0 Å². The van der Waals surface area contributed by atoms with E-state index in [-0.39, 0.29) is 12.6 Å². The first kappa shape index (κ1) is 15.3. The highest BCUT2D eigenvalue weighted by Gasteiger charge is 2.25. The molecule has 1 aliphatic rings. The first-order valence-corrected chi connectivity index (χ1v) is 6.43. The average molecular weight is 268 g/mol. The Morgan fingerprint density at radius 2 is 2.00 bits per heavy atom. The van der Waals surface area contributed by atoms with Crippen molar-refractivity contribution in [1.29, 1.82) is 0 Å². The van der Waals surface area contributed by atoms with Crippen molar-refractivity contribution in [2.45, 2.75) is 44.2 Å². The third kappa shape index (κ3) is 5.18. The third-order valence-corrected chi connectivity index (χ3v) is 3.18. The fraction of sp³-hybridized carbons (Fsp3) is 0.692. The highest BCUT2D eigenvalue weighted by atomic mass is 16.4. The molecule has 19 heavy (non-hydrogen) atoms. The van der Waals surface area contributed by atoms with Gasteiger partial charge in [0.1, 0.15) is 6.54 Å². The minimum Gasteiger partial charge on any atom is -0.480 e. The third-order valence-electron chi connectivity index (χ3n) is 3.18. The number of nitrogens with zero attached hydrogens (tertiary/aromatic N) is 1. The SMILES string of the molecule is C#CCN(CC(=O)O)C(=O)NC1CCCCCC1O. The first-order chi connectivity index (χ1) is 9.04. The number of nitrogens with one attached hydrogen (secondary N) is 1. The lowest BCUT2D eigenvalue weighted by molar-refractivity contribution is -0.137. The summed E-state index contributed by atoms with van der Waals surface area (Å²) in [6, 6.07) is -0.865. The predicted octanol–water partition coefficient (Wildman–Crippen LogP) is 0.409. The van der Waals surface area contributed by atoms with Gasteiger partial charge < -0.3 is 20.4 Å². The minimum atomic E-state index is -1.12. The van der Waals surface area contributed by atoms with E-state index in [1.165, 1.54) is 0 Å². The van der Waals surface area contributed by atoms with E-state index >= 15 is 0 Å². The molecule has 0 heterocycles. The molecule has 0 aliphatic heterocycles. The molecule has 3 N–H and O–H groups in total. The fourth-order valence-electron chi connectivity index (χ4n) is 2.18. The van der Waals surface area contributed by atoms with Gasteiger partial charge in [-0.25, -0.2) is 4.79 Å². The van der Waals surface area contributed by atoms with E-state index in [1.54, 1.807) is 0 Å². The van der Waals surface area contributed by atoms with E-state index in [0.717, 1.165) is 24.2 Å².